The fraction of sp³-hybridized carbons (Fsp3) is 0.474. The molecule has 1 aliphatic rings. The number of carbonyl (C=O) groups excluding carboxylic acids is 2. The quantitative estimate of drug-likeness (QED) is 0.888. The fourth-order valence-corrected chi connectivity index (χ4v) is 2.68. The van der Waals surface area contributed by atoms with Crippen molar-refractivity contribution in [1.82, 2.24) is 10.2 Å². The van der Waals surface area contributed by atoms with E-state index in [0.29, 0.717) is 25.9 Å². The summed E-state index contributed by atoms with van der Waals surface area (Å²) in [5.41, 5.74) is 0.727. The molecule has 1 aromatic rings. The normalized spacial score (nSPS) is 15.6. The smallest absolute Gasteiger partial charge is 0.410 e. The molecular formula is C19H25FN2O3. The van der Waals surface area contributed by atoms with Crippen LogP contribution in [0, 0.1) is 5.82 Å². The summed E-state index contributed by atoms with van der Waals surface area (Å²) in [5, 5.41) is 2.97. The number of carbonyl (C=O) groups is 2. The lowest BCUT2D eigenvalue weighted by molar-refractivity contribution is -0.121. The van der Waals surface area contributed by atoms with Crippen molar-refractivity contribution < 1.29 is 18.7 Å². The highest BCUT2D eigenvalue weighted by atomic mass is 19.1. The molecule has 1 saturated heterocycles. The highest BCUT2D eigenvalue weighted by Crippen LogP contribution is 2.12. The van der Waals surface area contributed by atoms with E-state index in [0.717, 1.165) is 5.56 Å². The van der Waals surface area contributed by atoms with Gasteiger partial charge in [-0.3, -0.25) is 4.79 Å². The van der Waals surface area contributed by atoms with Gasteiger partial charge in [-0.25, -0.2) is 9.18 Å². The van der Waals surface area contributed by atoms with Gasteiger partial charge in [0, 0.05) is 25.6 Å². The molecule has 0 spiro atoms. The Hall–Kier alpha value is -2.37. The number of hydrogen-bond acceptors (Lipinski definition) is 3. The third kappa shape index (κ3) is 6.57. The molecule has 0 aliphatic carbocycles. The topological polar surface area (TPSA) is 58.6 Å². The van der Waals surface area contributed by atoms with Crippen molar-refractivity contribution in [3.8, 4) is 0 Å². The van der Waals surface area contributed by atoms with E-state index in [2.05, 4.69) is 5.32 Å². The van der Waals surface area contributed by atoms with Crippen LogP contribution in [0.3, 0.4) is 0 Å². The Kier molecular flexibility index (Phi) is 6.98. The molecule has 0 radical (unpaired) electrons. The van der Waals surface area contributed by atoms with Crippen LogP contribution in [-0.2, 0) is 9.53 Å². The van der Waals surface area contributed by atoms with Crippen molar-refractivity contribution in [2.75, 3.05) is 13.1 Å². The summed E-state index contributed by atoms with van der Waals surface area (Å²) < 4.78 is 18.2. The van der Waals surface area contributed by atoms with Gasteiger partial charge in [0.2, 0.25) is 5.91 Å². The molecule has 1 fully saturated rings. The molecule has 0 unspecified atom stereocenters. The van der Waals surface area contributed by atoms with Crippen molar-refractivity contribution in [1.29, 1.82) is 0 Å². The molecule has 0 atom stereocenters. The third-order valence-electron chi connectivity index (χ3n) is 3.92. The van der Waals surface area contributed by atoms with E-state index in [9.17, 15) is 14.0 Å². The first-order valence-corrected chi connectivity index (χ1v) is 8.61. The number of hydrogen-bond donors (Lipinski definition) is 1. The standard InChI is InChI=1S/C19H25FN2O3/c1-14(2)25-19(24)22-11-9-17(10-12-22)21-18(23)8-4-6-15-5-3-7-16(20)13-15/h3-7,13-14,17H,8-12H2,1-2H3,(H,21,23). The van der Waals surface area contributed by atoms with Gasteiger partial charge in [0.25, 0.3) is 0 Å². The molecule has 1 N–H and O–H groups in total. The maximum atomic E-state index is 13.1. The molecule has 136 valence electrons. The van der Waals surface area contributed by atoms with Gasteiger partial charge in [-0.05, 0) is 44.4 Å². The van der Waals surface area contributed by atoms with E-state index in [1.807, 2.05) is 13.8 Å². The van der Waals surface area contributed by atoms with Gasteiger partial charge in [-0.15, -0.1) is 0 Å². The summed E-state index contributed by atoms with van der Waals surface area (Å²) in [7, 11) is 0. The summed E-state index contributed by atoms with van der Waals surface area (Å²) in [6.45, 7) is 4.80. The molecule has 0 saturated carbocycles. The maximum Gasteiger partial charge on any atom is 0.410 e. The van der Waals surface area contributed by atoms with Crippen molar-refractivity contribution in [3.63, 3.8) is 0 Å². The zero-order valence-corrected chi connectivity index (χ0v) is 14.7. The van der Waals surface area contributed by atoms with Crippen LogP contribution in [0.4, 0.5) is 9.18 Å². The first-order valence-electron chi connectivity index (χ1n) is 8.61. The first kappa shape index (κ1) is 19.0. The summed E-state index contributed by atoms with van der Waals surface area (Å²) in [4.78, 5) is 25.5. The number of nitrogens with zero attached hydrogens (tertiary/aromatic N) is 1. The highest BCUT2D eigenvalue weighted by molar-refractivity contribution is 5.78. The van der Waals surface area contributed by atoms with Gasteiger partial charge in [-0.2, -0.15) is 0 Å². The van der Waals surface area contributed by atoms with Crippen LogP contribution >= 0.6 is 0 Å². The highest BCUT2D eigenvalue weighted by Gasteiger charge is 2.24. The van der Waals surface area contributed by atoms with Crippen molar-refractivity contribution in [3.05, 3.63) is 41.7 Å². The van der Waals surface area contributed by atoms with Crippen LogP contribution in [0.2, 0.25) is 0 Å². The van der Waals surface area contributed by atoms with Gasteiger partial charge >= 0.3 is 6.09 Å². The van der Waals surface area contributed by atoms with E-state index in [1.54, 1.807) is 29.2 Å². The van der Waals surface area contributed by atoms with Gasteiger partial charge in [0.15, 0.2) is 0 Å². The maximum absolute atomic E-state index is 13.1. The number of piperidine rings is 1. The molecule has 5 nitrogen and oxygen atoms in total. The number of ether oxygens (including phenoxy) is 1. The average Bonchev–Trinajstić information content (AvgIpc) is 2.55. The first-order chi connectivity index (χ1) is 11.9. The number of nitrogens with one attached hydrogen (secondary N) is 1. The van der Waals surface area contributed by atoms with Crippen molar-refractivity contribution in [2.45, 2.75) is 45.3 Å². The Morgan fingerprint density at radius 1 is 1.36 bits per heavy atom. The van der Waals surface area contributed by atoms with Gasteiger partial charge in [0.1, 0.15) is 5.82 Å². The Bertz CT molecular complexity index is 623. The lowest BCUT2D eigenvalue weighted by Crippen LogP contribution is -2.46. The SMILES string of the molecule is CC(C)OC(=O)N1CCC(NC(=O)CC=Cc2cccc(F)c2)CC1. The van der Waals surface area contributed by atoms with Crippen LogP contribution in [0.15, 0.2) is 30.3 Å². The zero-order valence-electron chi connectivity index (χ0n) is 14.7. The Labute approximate surface area is 147 Å². The number of benzene rings is 1. The monoisotopic (exact) mass is 348 g/mol. The molecule has 2 rings (SSSR count). The second kappa shape index (κ2) is 9.20. The van der Waals surface area contributed by atoms with Crippen LogP contribution < -0.4 is 5.32 Å². The average molecular weight is 348 g/mol. The molecule has 6 heteroatoms. The minimum atomic E-state index is -0.297. The number of rotatable bonds is 5. The lowest BCUT2D eigenvalue weighted by atomic mass is 10.1. The molecule has 1 heterocycles. The van der Waals surface area contributed by atoms with Crippen LogP contribution in [-0.4, -0.2) is 42.1 Å². The molecule has 2 amide bonds. The van der Waals surface area contributed by atoms with E-state index < -0.39 is 0 Å². The predicted octanol–water partition coefficient (Wildman–Crippen LogP) is 3.35. The van der Waals surface area contributed by atoms with E-state index >= 15 is 0 Å². The lowest BCUT2D eigenvalue weighted by Gasteiger charge is -2.32. The Balaban J connectivity index is 1.71. The largest absolute Gasteiger partial charge is 0.447 e. The van der Waals surface area contributed by atoms with Gasteiger partial charge < -0.3 is 15.0 Å². The number of halogens is 1. The molecular weight excluding hydrogens is 323 g/mol. The van der Waals surface area contributed by atoms with Crippen LogP contribution in [0.1, 0.15) is 38.7 Å². The summed E-state index contributed by atoms with van der Waals surface area (Å²) in [6.07, 6.45) is 4.70. The third-order valence-corrected chi connectivity index (χ3v) is 3.92. The number of amides is 2. The fourth-order valence-electron chi connectivity index (χ4n) is 2.68. The molecule has 0 bridgehead atoms. The number of likely N-dealkylation sites (tertiary alicyclic amines) is 1. The zero-order chi connectivity index (χ0) is 18.2. The van der Waals surface area contributed by atoms with E-state index in [1.165, 1.54) is 12.1 Å². The summed E-state index contributed by atoms with van der Waals surface area (Å²) >= 11 is 0. The molecule has 1 aromatic carbocycles. The Morgan fingerprint density at radius 3 is 2.72 bits per heavy atom. The van der Waals surface area contributed by atoms with Crippen molar-refractivity contribution in [2.24, 2.45) is 0 Å². The second-order valence-corrected chi connectivity index (χ2v) is 6.42. The summed E-state index contributed by atoms with van der Waals surface area (Å²) in [6, 6.07) is 6.28. The van der Waals surface area contributed by atoms with E-state index in [-0.39, 0.29) is 36.4 Å². The molecule has 25 heavy (non-hydrogen) atoms. The van der Waals surface area contributed by atoms with Crippen molar-refractivity contribution >= 4 is 18.1 Å². The van der Waals surface area contributed by atoms with Crippen LogP contribution in [0.5, 0.6) is 0 Å². The minimum Gasteiger partial charge on any atom is -0.447 e. The minimum absolute atomic E-state index is 0.0677. The summed E-state index contributed by atoms with van der Waals surface area (Å²) in [5.74, 6) is -0.370. The molecule has 1 aliphatic heterocycles. The van der Waals surface area contributed by atoms with Crippen LogP contribution in [0.25, 0.3) is 6.08 Å². The van der Waals surface area contributed by atoms with Gasteiger partial charge in [0.05, 0.1) is 6.10 Å². The van der Waals surface area contributed by atoms with E-state index in [4.69, 9.17) is 4.74 Å². The predicted molar refractivity (Wildman–Crippen MR) is 94.4 cm³/mol. The second-order valence-electron chi connectivity index (χ2n) is 6.42. The van der Waals surface area contributed by atoms with Gasteiger partial charge in [-0.1, -0.05) is 24.3 Å². The molecule has 0 aromatic heterocycles. The Morgan fingerprint density at radius 2 is 2.08 bits per heavy atom.